The van der Waals surface area contributed by atoms with Gasteiger partial charge in [0, 0.05) is 22.6 Å². The summed E-state index contributed by atoms with van der Waals surface area (Å²) in [6.07, 6.45) is 0. The van der Waals surface area contributed by atoms with E-state index in [0.717, 1.165) is 0 Å². The van der Waals surface area contributed by atoms with Crippen LogP contribution in [0.25, 0.3) is 0 Å². The molecule has 0 spiro atoms. The lowest BCUT2D eigenvalue weighted by molar-refractivity contribution is 0.514. The molecule has 19 heavy (non-hydrogen) atoms. The van der Waals surface area contributed by atoms with Crippen LogP contribution in [0.2, 0.25) is 0 Å². The molecule has 0 fully saturated rings. The molecule has 0 saturated carbocycles. The standard InChI is InChI=1S/C17H19NS/c1-12-7-9-13(10-8-12)17(18-2)15-11-19-16-6-4-3-5-14(15)16/h3-10,15,17-18H,11H2,1-2H3. The Morgan fingerprint density at radius 1 is 1.11 bits per heavy atom. The summed E-state index contributed by atoms with van der Waals surface area (Å²) in [5, 5.41) is 3.51. The highest BCUT2D eigenvalue weighted by atomic mass is 32.2. The molecule has 3 rings (SSSR count). The molecule has 1 aliphatic heterocycles. The largest absolute Gasteiger partial charge is 0.312 e. The normalized spacial score (nSPS) is 19.2. The number of hydrogen-bond acceptors (Lipinski definition) is 2. The molecule has 0 saturated heterocycles. The van der Waals surface area contributed by atoms with Crippen LogP contribution in [0.4, 0.5) is 0 Å². The Kier molecular flexibility index (Phi) is 3.63. The van der Waals surface area contributed by atoms with Gasteiger partial charge in [-0.3, -0.25) is 0 Å². The quantitative estimate of drug-likeness (QED) is 0.898. The Hall–Kier alpha value is -1.25. The molecular weight excluding hydrogens is 250 g/mol. The summed E-state index contributed by atoms with van der Waals surface area (Å²) in [4.78, 5) is 1.44. The maximum atomic E-state index is 3.51. The number of nitrogens with one attached hydrogen (secondary N) is 1. The molecule has 2 aromatic rings. The third kappa shape index (κ3) is 2.43. The fraction of sp³-hybridized carbons (Fsp3) is 0.294. The van der Waals surface area contributed by atoms with Crippen LogP contribution in [0.5, 0.6) is 0 Å². The minimum absolute atomic E-state index is 0.400. The van der Waals surface area contributed by atoms with Crippen LogP contribution in [-0.2, 0) is 0 Å². The van der Waals surface area contributed by atoms with Crippen molar-refractivity contribution in [2.24, 2.45) is 0 Å². The maximum absolute atomic E-state index is 3.51. The molecule has 0 aliphatic carbocycles. The van der Waals surface area contributed by atoms with Gasteiger partial charge >= 0.3 is 0 Å². The predicted molar refractivity (Wildman–Crippen MR) is 82.9 cm³/mol. The third-order valence-corrected chi connectivity index (χ3v) is 5.10. The van der Waals surface area contributed by atoms with Crippen molar-refractivity contribution in [3.63, 3.8) is 0 Å². The van der Waals surface area contributed by atoms with Gasteiger partial charge in [0.2, 0.25) is 0 Å². The second-order valence-electron chi connectivity index (χ2n) is 5.13. The van der Waals surface area contributed by atoms with Gasteiger partial charge in [0.15, 0.2) is 0 Å². The lowest BCUT2D eigenvalue weighted by atomic mass is 9.88. The molecule has 1 aliphatic rings. The minimum Gasteiger partial charge on any atom is -0.312 e. The Balaban J connectivity index is 1.94. The smallest absolute Gasteiger partial charge is 0.0395 e. The first kappa shape index (κ1) is 12.8. The fourth-order valence-corrected chi connectivity index (χ4v) is 4.13. The van der Waals surface area contributed by atoms with E-state index in [-0.39, 0.29) is 0 Å². The fourth-order valence-electron chi connectivity index (χ4n) is 2.84. The van der Waals surface area contributed by atoms with Crippen LogP contribution in [0, 0.1) is 6.92 Å². The number of likely N-dealkylation sites (N-methyl/N-ethyl adjacent to an activating group) is 1. The molecule has 1 nitrogen and oxygen atoms in total. The summed E-state index contributed by atoms with van der Waals surface area (Å²) in [6, 6.07) is 18.1. The minimum atomic E-state index is 0.400. The van der Waals surface area contributed by atoms with Gasteiger partial charge in [-0.25, -0.2) is 0 Å². The van der Waals surface area contributed by atoms with Crippen LogP contribution < -0.4 is 5.32 Å². The summed E-state index contributed by atoms with van der Waals surface area (Å²) >= 11 is 1.98. The van der Waals surface area contributed by atoms with Crippen molar-refractivity contribution in [3.8, 4) is 0 Å². The van der Waals surface area contributed by atoms with Gasteiger partial charge in [-0.1, -0.05) is 48.0 Å². The zero-order chi connectivity index (χ0) is 13.2. The SMILES string of the molecule is CNC(c1ccc(C)cc1)C1CSc2ccccc21. The lowest BCUT2D eigenvalue weighted by Gasteiger charge is -2.24. The zero-order valence-corrected chi connectivity index (χ0v) is 12.2. The van der Waals surface area contributed by atoms with Crippen LogP contribution in [0.15, 0.2) is 53.4 Å². The summed E-state index contributed by atoms with van der Waals surface area (Å²) in [5.41, 5.74) is 4.20. The average molecular weight is 269 g/mol. The predicted octanol–water partition coefficient (Wildman–Crippen LogP) is 4.15. The molecule has 0 radical (unpaired) electrons. The maximum Gasteiger partial charge on any atom is 0.0395 e. The van der Waals surface area contributed by atoms with Crippen molar-refractivity contribution in [1.29, 1.82) is 0 Å². The Morgan fingerprint density at radius 3 is 2.58 bits per heavy atom. The van der Waals surface area contributed by atoms with Gasteiger partial charge in [0.25, 0.3) is 0 Å². The Labute approximate surface area is 119 Å². The Bertz CT molecular complexity index is 562. The summed E-state index contributed by atoms with van der Waals surface area (Å²) < 4.78 is 0. The highest BCUT2D eigenvalue weighted by Crippen LogP contribution is 2.45. The molecule has 2 unspecified atom stereocenters. The highest BCUT2D eigenvalue weighted by molar-refractivity contribution is 7.99. The first-order chi connectivity index (χ1) is 9.29. The Morgan fingerprint density at radius 2 is 1.84 bits per heavy atom. The van der Waals surface area contributed by atoms with Gasteiger partial charge in [-0.05, 0) is 31.2 Å². The van der Waals surface area contributed by atoms with Gasteiger partial charge in [0.1, 0.15) is 0 Å². The van der Waals surface area contributed by atoms with Crippen molar-refractivity contribution in [1.82, 2.24) is 5.32 Å². The van der Waals surface area contributed by atoms with E-state index in [2.05, 4.69) is 67.8 Å². The number of aryl methyl sites for hydroxylation is 1. The molecular formula is C17H19NS. The van der Waals surface area contributed by atoms with E-state index in [1.54, 1.807) is 0 Å². The van der Waals surface area contributed by atoms with Crippen molar-refractivity contribution in [2.45, 2.75) is 23.8 Å². The highest BCUT2D eigenvalue weighted by Gasteiger charge is 2.30. The van der Waals surface area contributed by atoms with E-state index in [1.807, 2.05) is 11.8 Å². The number of fused-ring (bicyclic) bond motifs is 1. The molecule has 0 aromatic heterocycles. The molecule has 1 N–H and O–H groups in total. The number of hydrogen-bond donors (Lipinski definition) is 1. The van der Waals surface area contributed by atoms with Crippen molar-refractivity contribution in [2.75, 3.05) is 12.8 Å². The first-order valence-corrected chi connectivity index (χ1v) is 7.73. The lowest BCUT2D eigenvalue weighted by Crippen LogP contribution is -2.24. The first-order valence-electron chi connectivity index (χ1n) is 6.75. The van der Waals surface area contributed by atoms with E-state index in [9.17, 15) is 0 Å². The van der Waals surface area contributed by atoms with Crippen LogP contribution in [-0.4, -0.2) is 12.8 Å². The van der Waals surface area contributed by atoms with E-state index in [1.165, 1.54) is 27.3 Å². The monoisotopic (exact) mass is 269 g/mol. The van der Waals surface area contributed by atoms with E-state index < -0.39 is 0 Å². The molecule has 2 heteroatoms. The topological polar surface area (TPSA) is 12.0 Å². The summed E-state index contributed by atoms with van der Waals surface area (Å²) in [6.45, 7) is 2.14. The van der Waals surface area contributed by atoms with E-state index >= 15 is 0 Å². The average Bonchev–Trinajstić information content (AvgIpc) is 2.86. The summed E-state index contributed by atoms with van der Waals surface area (Å²) in [7, 11) is 2.07. The van der Waals surface area contributed by atoms with Crippen LogP contribution in [0.1, 0.15) is 28.7 Å². The van der Waals surface area contributed by atoms with Crippen molar-refractivity contribution in [3.05, 3.63) is 65.2 Å². The molecule has 98 valence electrons. The van der Waals surface area contributed by atoms with Crippen LogP contribution >= 0.6 is 11.8 Å². The molecule has 2 aromatic carbocycles. The number of thioether (sulfide) groups is 1. The van der Waals surface area contributed by atoms with Crippen LogP contribution in [0.3, 0.4) is 0 Å². The van der Waals surface area contributed by atoms with Gasteiger partial charge < -0.3 is 5.32 Å². The van der Waals surface area contributed by atoms with Gasteiger partial charge in [0.05, 0.1) is 0 Å². The van der Waals surface area contributed by atoms with E-state index in [0.29, 0.717) is 12.0 Å². The van der Waals surface area contributed by atoms with E-state index in [4.69, 9.17) is 0 Å². The second kappa shape index (κ2) is 5.40. The number of rotatable bonds is 3. The van der Waals surface area contributed by atoms with Crippen molar-refractivity contribution >= 4 is 11.8 Å². The van der Waals surface area contributed by atoms with Crippen molar-refractivity contribution < 1.29 is 0 Å². The second-order valence-corrected chi connectivity index (χ2v) is 6.19. The summed E-state index contributed by atoms with van der Waals surface area (Å²) in [5.74, 6) is 1.73. The number of benzene rings is 2. The van der Waals surface area contributed by atoms with Gasteiger partial charge in [-0.15, -0.1) is 11.8 Å². The molecule has 0 bridgehead atoms. The molecule has 1 heterocycles. The van der Waals surface area contributed by atoms with Gasteiger partial charge in [-0.2, -0.15) is 0 Å². The third-order valence-electron chi connectivity index (χ3n) is 3.89. The zero-order valence-electron chi connectivity index (χ0n) is 11.4. The molecule has 2 atom stereocenters. The molecule has 0 amide bonds.